The van der Waals surface area contributed by atoms with Crippen LogP contribution in [0.25, 0.3) is 0 Å². The molecule has 0 aliphatic rings. The predicted octanol–water partition coefficient (Wildman–Crippen LogP) is 2.75. The monoisotopic (exact) mass is 266 g/mol. The number of hydrogen-bond donors (Lipinski definition) is 2. The molecule has 0 radical (unpaired) electrons. The minimum Gasteiger partial charge on any atom is -0.465 e. The first-order valence-corrected chi connectivity index (χ1v) is 7.11. The second-order valence-electron chi connectivity index (χ2n) is 5.18. The quantitative estimate of drug-likeness (QED) is 0.760. The Bertz CT molecular complexity index is 393. The molecule has 1 aromatic rings. The molecule has 1 aromatic heterocycles. The zero-order chi connectivity index (χ0) is 14.3. The van der Waals surface area contributed by atoms with Crippen molar-refractivity contribution in [3.63, 3.8) is 0 Å². The number of nitrogens with one attached hydrogen (secondary N) is 1. The van der Waals surface area contributed by atoms with Crippen molar-refractivity contribution in [2.75, 3.05) is 6.54 Å². The van der Waals surface area contributed by atoms with Gasteiger partial charge in [0.1, 0.15) is 11.5 Å². The summed E-state index contributed by atoms with van der Waals surface area (Å²) in [7, 11) is 0. The lowest BCUT2D eigenvalue weighted by molar-refractivity contribution is -0.131. The standard InChI is InChI=1S/C15H26N2O2/c1-4-8-15(11-16,9-5-2)14(18)17-10-13-7-6-12(3)19-13/h6-7H,4-5,8-11,16H2,1-3H3,(H,17,18). The summed E-state index contributed by atoms with van der Waals surface area (Å²) in [4.78, 5) is 12.4. The molecule has 0 aliphatic carbocycles. The van der Waals surface area contributed by atoms with E-state index in [1.807, 2.05) is 19.1 Å². The number of aryl methyl sites for hydroxylation is 1. The molecule has 0 aromatic carbocycles. The van der Waals surface area contributed by atoms with E-state index in [1.54, 1.807) is 0 Å². The molecule has 1 amide bonds. The fourth-order valence-corrected chi connectivity index (χ4v) is 2.54. The van der Waals surface area contributed by atoms with Crippen LogP contribution in [0.1, 0.15) is 51.1 Å². The molecule has 3 N–H and O–H groups in total. The molecule has 0 aliphatic heterocycles. The van der Waals surface area contributed by atoms with Crippen LogP contribution in [-0.2, 0) is 11.3 Å². The van der Waals surface area contributed by atoms with Crippen LogP contribution in [0.4, 0.5) is 0 Å². The van der Waals surface area contributed by atoms with Crippen LogP contribution in [0.2, 0.25) is 0 Å². The van der Waals surface area contributed by atoms with Crippen LogP contribution in [0.15, 0.2) is 16.5 Å². The molecule has 0 spiro atoms. The Labute approximate surface area is 115 Å². The van der Waals surface area contributed by atoms with Crippen LogP contribution < -0.4 is 11.1 Å². The van der Waals surface area contributed by atoms with Crippen molar-refractivity contribution < 1.29 is 9.21 Å². The molecule has 1 rings (SSSR count). The van der Waals surface area contributed by atoms with Gasteiger partial charge in [0, 0.05) is 6.54 Å². The van der Waals surface area contributed by atoms with Gasteiger partial charge in [0.15, 0.2) is 0 Å². The summed E-state index contributed by atoms with van der Waals surface area (Å²) in [5.74, 6) is 1.69. The van der Waals surface area contributed by atoms with Crippen molar-refractivity contribution in [3.8, 4) is 0 Å². The number of carbonyl (C=O) groups is 1. The molecule has 108 valence electrons. The molecule has 4 nitrogen and oxygen atoms in total. The summed E-state index contributed by atoms with van der Waals surface area (Å²) in [6.07, 6.45) is 3.59. The van der Waals surface area contributed by atoms with Crippen LogP contribution in [0.3, 0.4) is 0 Å². The molecule has 0 unspecified atom stereocenters. The Kier molecular flexibility index (Phi) is 6.09. The van der Waals surface area contributed by atoms with Crippen LogP contribution in [0, 0.1) is 12.3 Å². The fraction of sp³-hybridized carbons (Fsp3) is 0.667. The van der Waals surface area contributed by atoms with E-state index >= 15 is 0 Å². The van der Waals surface area contributed by atoms with Crippen LogP contribution >= 0.6 is 0 Å². The predicted molar refractivity (Wildman–Crippen MR) is 76.6 cm³/mol. The highest BCUT2D eigenvalue weighted by Gasteiger charge is 2.35. The van der Waals surface area contributed by atoms with Crippen molar-refractivity contribution in [1.82, 2.24) is 5.32 Å². The van der Waals surface area contributed by atoms with Crippen molar-refractivity contribution in [3.05, 3.63) is 23.7 Å². The molecular weight excluding hydrogens is 240 g/mol. The van der Waals surface area contributed by atoms with E-state index in [9.17, 15) is 4.79 Å². The number of nitrogens with two attached hydrogens (primary N) is 1. The number of carbonyl (C=O) groups excluding carboxylic acids is 1. The largest absolute Gasteiger partial charge is 0.465 e. The summed E-state index contributed by atoms with van der Waals surface area (Å²) in [5.41, 5.74) is 5.44. The third-order valence-corrected chi connectivity index (χ3v) is 3.55. The number of amides is 1. The van der Waals surface area contributed by atoms with Crippen LogP contribution in [0.5, 0.6) is 0 Å². The van der Waals surface area contributed by atoms with Gasteiger partial charge in [-0.15, -0.1) is 0 Å². The van der Waals surface area contributed by atoms with E-state index in [-0.39, 0.29) is 5.91 Å². The number of furan rings is 1. The number of hydrogen-bond acceptors (Lipinski definition) is 3. The minimum absolute atomic E-state index is 0.0488. The van der Waals surface area contributed by atoms with Gasteiger partial charge in [0.2, 0.25) is 5.91 Å². The first kappa shape index (κ1) is 15.8. The summed E-state index contributed by atoms with van der Waals surface area (Å²) in [6.45, 7) is 6.90. The van der Waals surface area contributed by atoms with Crippen molar-refractivity contribution in [2.24, 2.45) is 11.1 Å². The molecular formula is C15H26N2O2. The summed E-state index contributed by atoms with van der Waals surface area (Å²) < 4.78 is 5.45. The molecule has 0 bridgehead atoms. The molecule has 0 fully saturated rings. The van der Waals surface area contributed by atoms with E-state index in [1.165, 1.54) is 0 Å². The van der Waals surface area contributed by atoms with Gasteiger partial charge in [-0.05, 0) is 31.9 Å². The van der Waals surface area contributed by atoms with Crippen molar-refractivity contribution in [1.29, 1.82) is 0 Å². The average Bonchev–Trinajstić information content (AvgIpc) is 2.81. The van der Waals surface area contributed by atoms with Gasteiger partial charge in [-0.25, -0.2) is 0 Å². The average molecular weight is 266 g/mol. The first-order chi connectivity index (χ1) is 9.07. The van der Waals surface area contributed by atoms with E-state index < -0.39 is 5.41 Å². The summed E-state index contributed by atoms with van der Waals surface area (Å²) in [5, 5.41) is 2.96. The SMILES string of the molecule is CCCC(CN)(CCC)C(=O)NCc1ccc(C)o1. The minimum atomic E-state index is -0.425. The van der Waals surface area contributed by atoms with Gasteiger partial charge in [-0.3, -0.25) is 4.79 Å². The molecule has 0 atom stereocenters. The van der Waals surface area contributed by atoms with Gasteiger partial charge in [-0.1, -0.05) is 26.7 Å². The smallest absolute Gasteiger partial charge is 0.227 e. The van der Waals surface area contributed by atoms with Gasteiger partial charge >= 0.3 is 0 Å². The zero-order valence-corrected chi connectivity index (χ0v) is 12.3. The Morgan fingerprint density at radius 1 is 1.32 bits per heavy atom. The highest BCUT2D eigenvalue weighted by atomic mass is 16.3. The Balaban J connectivity index is 2.65. The van der Waals surface area contributed by atoms with Crippen molar-refractivity contribution in [2.45, 2.75) is 53.0 Å². The first-order valence-electron chi connectivity index (χ1n) is 7.11. The zero-order valence-electron chi connectivity index (χ0n) is 12.3. The molecule has 0 saturated heterocycles. The maximum atomic E-state index is 12.4. The molecule has 19 heavy (non-hydrogen) atoms. The van der Waals surface area contributed by atoms with E-state index in [0.29, 0.717) is 13.1 Å². The van der Waals surface area contributed by atoms with E-state index in [0.717, 1.165) is 37.2 Å². The Morgan fingerprint density at radius 3 is 2.37 bits per heavy atom. The summed E-state index contributed by atoms with van der Waals surface area (Å²) in [6, 6.07) is 3.79. The van der Waals surface area contributed by atoms with E-state index in [2.05, 4.69) is 19.2 Å². The second-order valence-corrected chi connectivity index (χ2v) is 5.18. The normalized spacial score (nSPS) is 11.6. The third-order valence-electron chi connectivity index (χ3n) is 3.55. The van der Waals surface area contributed by atoms with E-state index in [4.69, 9.17) is 10.2 Å². The lowest BCUT2D eigenvalue weighted by Gasteiger charge is -2.30. The second kappa shape index (κ2) is 7.34. The highest BCUT2D eigenvalue weighted by molar-refractivity contribution is 5.82. The van der Waals surface area contributed by atoms with Gasteiger partial charge < -0.3 is 15.5 Å². The lowest BCUT2D eigenvalue weighted by Crippen LogP contribution is -2.45. The number of rotatable bonds is 8. The lowest BCUT2D eigenvalue weighted by atomic mass is 9.78. The molecule has 4 heteroatoms. The Hall–Kier alpha value is -1.29. The van der Waals surface area contributed by atoms with Gasteiger partial charge in [-0.2, -0.15) is 0 Å². The highest BCUT2D eigenvalue weighted by Crippen LogP contribution is 2.29. The fourth-order valence-electron chi connectivity index (χ4n) is 2.54. The third kappa shape index (κ3) is 4.10. The molecule has 0 saturated carbocycles. The van der Waals surface area contributed by atoms with Crippen molar-refractivity contribution >= 4 is 5.91 Å². The Morgan fingerprint density at radius 2 is 1.95 bits per heavy atom. The van der Waals surface area contributed by atoms with Crippen LogP contribution in [-0.4, -0.2) is 12.5 Å². The summed E-state index contributed by atoms with van der Waals surface area (Å²) >= 11 is 0. The topological polar surface area (TPSA) is 68.3 Å². The molecule has 1 heterocycles. The maximum absolute atomic E-state index is 12.4. The van der Waals surface area contributed by atoms with Gasteiger partial charge in [0.05, 0.1) is 12.0 Å². The maximum Gasteiger partial charge on any atom is 0.227 e. The van der Waals surface area contributed by atoms with Gasteiger partial charge in [0.25, 0.3) is 0 Å².